The van der Waals surface area contributed by atoms with Gasteiger partial charge in [-0.15, -0.1) is 0 Å². The van der Waals surface area contributed by atoms with Gasteiger partial charge < -0.3 is 9.72 Å². The molecule has 0 aliphatic heterocycles. The first kappa shape index (κ1) is 12.8. The molecule has 0 saturated heterocycles. The molecule has 19 heavy (non-hydrogen) atoms. The summed E-state index contributed by atoms with van der Waals surface area (Å²) in [5, 5.41) is 0. The van der Waals surface area contributed by atoms with Crippen molar-refractivity contribution >= 4 is 23.4 Å². The van der Waals surface area contributed by atoms with E-state index in [0.29, 0.717) is 6.04 Å². The third kappa shape index (κ3) is 1.75. The number of aryl methyl sites for hydroxylation is 1. The fourth-order valence-electron chi connectivity index (χ4n) is 3.11. The maximum Gasteiger partial charge on any atom is 0.179 e. The standard InChI is InChI=1S/C14H19N3OS/c1-8-5-9-12(15-7-8)17(13(19)16-9)10-6-11(18-4)14(10,2)3/h5,7,10-11H,6H2,1-4H3,(H,16,19). The molecule has 0 spiro atoms. The fourth-order valence-corrected chi connectivity index (χ4v) is 3.43. The average Bonchev–Trinajstić information content (AvgIpc) is 2.64. The van der Waals surface area contributed by atoms with Gasteiger partial charge in [-0.05, 0) is 37.2 Å². The molecule has 5 heteroatoms. The molecule has 2 unspecified atom stereocenters. The predicted octanol–water partition coefficient (Wildman–Crippen LogP) is 3.39. The number of pyridine rings is 1. The Morgan fingerprint density at radius 3 is 2.89 bits per heavy atom. The molecule has 2 aromatic rings. The maximum absolute atomic E-state index is 5.52. The van der Waals surface area contributed by atoms with E-state index >= 15 is 0 Å². The van der Waals surface area contributed by atoms with E-state index in [1.165, 1.54) is 0 Å². The van der Waals surface area contributed by atoms with Crippen molar-refractivity contribution in [1.29, 1.82) is 0 Å². The summed E-state index contributed by atoms with van der Waals surface area (Å²) >= 11 is 5.48. The number of H-pyrrole nitrogens is 1. The van der Waals surface area contributed by atoms with Crippen LogP contribution in [-0.4, -0.2) is 27.7 Å². The van der Waals surface area contributed by atoms with E-state index in [4.69, 9.17) is 17.0 Å². The Kier molecular flexibility index (Phi) is 2.80. The van der Waals surface area contributed by atoms with Gasteiger partial charge >= 0.3 is 0 Å². The predicted molar refractivity (Wildman–Crippen MR) is 77.9 cm³/mol. The molecule has 1 aliphatic rings. The van der Waals surface area contributed by atoms with Gasteiger partial charge in [0.2, 0.25) is 0 Å². The van der Waals surface area contributed by atoms with Gasteiger partial charge in [-0.1, -0.05) is 13.8 Å². The number of hydrogen-bond donors (Lipinski definition) is 1. The van der Waals surface area contributed by atoms with E-state index in [-0.39, 0.29) is 11.5 Å². The minimum atomic E-state index is 0.0780. The van der Waals surface area contributed by atoms with E-state index in [9.17, 15) is 0 Å². The molecule has 1 fully saturated rings. The van der Waals surface area contributed by atoms with Gasteiger partial charge in [0.05, 0.1) is 11.6 Å². The SMILES string of the molecule is COC1CC(n2c(=S)[nH]c3cc(C)cnc32)C1(C)C. The van der Waals surface area contributed by atoms with Crippen LogP contribution in [0.3, 0.4) is 0 Å². The van der Waals surface area contributed by atoms with Gasteiger partial charge in [0.1, 0.15) is 0 Å². The molecule has 4 nitrogen and oxygen atoms in total. The summed E-state index contributed by atoms with van der Waals surface area (Å²) in [6.45, 7) is 6.49. The molecule has 1 saturated carbocycles. The first-order chi connectivity index (χ1) is 8.95. The highest BCUT2D eigenvalue weighted by atomic mass is 32.1. The number of nitrogens with one attached hydrogen (secondary N) is 1. The number of rotatable bonds is 2. The zero-order valence-corrected chi connectivity index (χ0v) is 12.5. The zero-order chi connectivity index (χ0) is 13.8. The molecular formula is C14H19N3OS. The average molecular weight is 277 g/mol. The zero-order valence-electron chi connectivity index (χ0n) is 11.7. The van der Waals surface area contributed by atoms with E-state index < -0.39 is 0 Å². The Labute approximate surface area is 117 Å². The fraction of sp³-hybridized carbons (Fsp3) is 0.571. The summed E-state index contributed by atoms with van der Waals surface area (Å²) < 4.78 is 8.43. The van der Waals surface area contributed by atoms with Crippen LogP contribution in [-0.2, 0) is 4.74 Å². The normalized spacial score (nSPS) is 25.5. The molecule has 2 heterocycles. The van der Waals surface area contributed by atoms with Crippen molar-refractivity contribution in [1.82, 2.24) is 14.5 Å². The highest BCUT2D eigenvalue weighted by Crippen LogP contribution is 2.51. The Balaban J connectivity index is 2.12. The van der Waals surface area contributed by atoms with E-state index in [0.717, 1.165) is 27.9 Å². The third-order valence-electron chi connectivity index (χ3n) is 4.41. The van der Waals surface area contributed by atoms with Crippen molar-refractivity contribution in [3.63, 3.8) is 0 Å². The summed E-state index contributed by atoms with van der Waals surface area (Å²) in [7, 11) is 1.78. The number of nitrogens with zero attached hydrogens (tertiary/aromatic N) is 2. The van der Waals surface area contributed by atoms with E-state index in [1.54, 1.807) is 7.11 Å². The number of hydrogen-bond acceptors (Lipinski definition) is 3. The lowest BCUT2D eigenvalue weighted by Crippen LogP contribution is -2.51. The second kappa shape index (κ2) is 4.15. The van der Waals surface area contributed by atoms with Gasteiger partial charge in [-0.3, -0.25) is 4.57 Å². The maximum atomic E-state index is 5.52. The Hall–Kier alpha value is -1.20. The largest absolute Gasteiger partial charge is 0.381 e. The number of ether oxygens (including phenoxy) is 1. The van der Waals surface area contributed by atoms with Crippen LogP contribution in [0.1, 0.15) is 31.9 Å². The monoisotopic (exact) mass is 277 g/mol. The molecule has 0 bridgehead atoms. The highest BCUT2D eigenvalue weighted by molar-refractivity contribution is 7.71. The van der Waals surface area contributed by atoms with Crippen LogP contribution in [0.15, 0.2) is 12.3 Å². The van der Waals surface area contributed by atoms with Crippen molar-refractivity contribution in [2.75, 3.05) is 7.11 Å². The minimum Gasteiger partial charge on any atom is -0.381 e. The van der Waals surface area contributed by atoms with Crippen LogP contribution in [0.2, 0.25) is 0 Å². The summed E-state index contributed by atoms with van der Waals surface area (Å²) in [5.74, 6) is 0. The first-order valence-electron chi connectivity index (χ1n) is 6.55. The van der Waals surface area contributed by atoms with Crippen LogP contribution in [0, 0.1) is 17.1 Å². The highest BCUT2D eigenvalue weighted by Gasteiger charge is 2.50. The van der Waals surface area contributed by atoms with Gasteiger partial charge in [0, 0.05) is 24.8 Å². The third-order valence-corrected chi connectivity index (χ3v) is 4.71. The molecule has 0 aromatic carbocycles. The summed E-state index contributed by atoms with van der Waals surface area (Å²) in [5.41, 5.74) is 3.18. The Morgan fingerprint density at radius 2 is 2.26 bits per heavy atom. The van der Waals surface area contributed by atoms with Crippen molar-refractivity contribution in [2.24, 2.45) is 5.41 Å². The lowest BCUT2D eigenvalue weighted by atomic mass is 9.64. The molecule has 102 valence electrons. The molecule has 0 amide bonds. The van der Waals surface area contributed by atoms with Gasteiger partial charge in [0.25, 0.3) is 0 Å². The first-order valence-corrected chi connectivity index (χ1v) is 6.95. The van der Waals surface area contributed by atoms with Crippen molar-refractivity contribution < 1.29 is 4.74 Å². The van der Waals surface area contributed by atoms with Crippen LogP contribution < -0.4 is 0 Å². The molecule has 1 aliphatic carbocycles. The van der Waals surface area contributed by atoms with E-state index in [1.807, 2.05) is 13.1 Å². The summed E-state index contributed by atoms with van der Waals surface area (Å²) in [6, 6.07) is 2.43. The topological polar surface area (TPSA) is 42.8 Å². The quantitative estimate of drug-likeness (QED) is 0.856. The lowest BCUT2D eigenvalue weighted by Gasteiger charge is -2.51. The number of imidazole rings is 1. The molecule has 1 N–H and O–H groups in total. The Morgan fingerprint density at radius 1 is 1.53 bits per heavy atom. The van der Waals surface area contributed by atoms with Crippen LogP contribution in [0.4, 0.5) is 0 Å². The van der Waals surface area contributed by atoms with Crippen molar-refractivity contribution in [3.8, 4) is 0 Å². The van der Waals surface area contributed by atoms with Gasteiger partial charge in [-0.25, -0.2) is 4.98 Å². The second-order valence-corrected chi connectivity index (χ2v) is 6.37. The van der Waals surface area contributed by atoms with Crippen molar-refractivity contribution in [3.05, 3.63) is 22.6 Å². The molecule has 2 aromatic heterocycles. The van der Waals surface area contributed by atoms with Gasteiger partial charge in [-0.2, -0.15) is 0 Å². The van der Waals surface area contributed by atoms with E-state index in [2.05, 4.69) is 34.4 Å². The smallest absolute Gasteiger partial charge is 0.179 e. The minimum absolute atomic E-state index is 0.0780. The molecule has 0 radical (unpaired) electrons. The molecular weight excluding hydrogens is 258 g/mol. The molecule has 3 rings (SSSR count). The summed E-state index contributed by atoms with van der Waals surface area (Å²) in [6.07, 6.45) is 3.16. The molecule has 2 atom stereocenters. The number of aromatic nitrogens is 3. The van der Waals surface area contributed by atoms with Crippen molar-refractivity contribution in [2.45, 2.75) is 39.3 Å². The second-order valence-electron chi connectivity index (χ2n) is 5.98. The Bertz CT molecular complexity index is 686. The van der Waals surface area contributed by atoms with Crippen LogP contribution in [0.5, 0.6) is 0 Å². The van der Waals surface area contributed by atoms with Gasteiger partial charge in [0.15, 0.2) is 10.4 Å². The lowest BCUT2D eigenvalue weighted by molar-refractivity contribution is -0.112. The number of methoxy groups -OCH3 is 1. The number of fused-ring (bicyclic) bond motifs is 1. The van der Waals surface area contributed by atoms with Crippen LogP contribution >= 0.6 is 12.2 Å². The number of aromatic amines is 1. The van der Waals surface area contributed by atoms with Crippen LogP contribution in [0.25, 0.3) is 11.2 Å². The summed E-state index contributed by atoms with van der Waals surface area (Å²) in [4.78, 5) is 7.81.